The fourth-order valence-electron chi connectivity index (χ4n) is 5.99. The average Bonchev–Trinajstić information content (AvgIpc) is 3.08. The Hall–Kier alpha value is -4.77. The van der Waals surface area contributed by atoms with Crippen molar-refractivity contribution in [3.05, 3.63) is 40.6 Å². The van der Waals surface area contributed by atoms with Gasteiger partial charge in [-0.1, -0.05) is 0 Å². The molecular weight excluding hydrogens is 728 g/mol. The number of fused-ring (bicyclic) bond motifs is 1. The highest BCUT2D eigenvalue weighted by atomic mass is 16.8. The molecule has 2 aliphatic rings. The Morgan fingerprint density at radius 3 is 2.24 bits per heavy atom. The Balaban J connectivity index is 1.57. The van der Waals surface area contributed by atoms with Crippen molar-refractivity contribution in [1.29, 1.82) is 0 Å². The van der Waals surface area contributed by atoms with Crippen LogP contribution in [0.2, 0.25) is 0 Å². The second kappa shape index (κ2) is 15.9. The van der Waals surface area contributed by atoms with Crippen LogP contribution in [0.25, 0.3) is 22.3 Å². The molecule has 0 saturated carbocycles. The number of methoxy groups -OCH3 is 1. The van der Waals surface area contributed by atoms with E-state index >= 15 is 0 Å². The number of aliphatic hydroxyl groups is 6. The summed E-state index contributed by atoms with van der Waals surface area (Å²) >= 11 is 0. The Morgan fingerprint density at radius 2 is 1.57 bits per heavy atom. The van der Waals surface area contributed by atoms with Gasteiger partial charge in [0.25, 0.3) is 0 Å². The molecular formula is C34H40O20. The zero-order valence-electron chi connectivity index (χ0n) is 28.8. The number of carboxylic acid groups (broad SMARTS) is 1. The van der Waals surface area contributed by atoms with Gasteiger partial charge in [0, 0.05) is 17.7 Å². The smallest absolute Gasteiger partial charge is 0.308 e. The van der Waals surface area contributed by atoms with Crippen LogP contribution in [0.15, 0.2) is 39.5 Å². The lowest BCUT2D eigenvalue weighted by Gasteiger charge is -2.45. The van der Waals surface area contributed by atoms with E-state index in [4.69, 9.17) is 37.9 Å². The van der Waals surface area contributed by atoms with Gasteiger partial charge in [-0.3, -0.25) is 14.4 Å². The molecule has 2 fully saturated rings. The summed E-state index contributed by atoms with van der Waals surface area (Å²) in [5, 5.41) is 103. The normalized spacial score (nSPS) is 29.6. The maximum atomic E-state index is 14.1. The van der Waals surface area contributed by atoms with Crippen LogP contribution in [-0.2, 0) is 28.5 Å². The summed E-state index contributed by atoms with van der Waals surface area (Å²) in [6.45, 7) is 1.58. The zero-order chi connectivity index (χ0) is 39.8. The summed E-state index contributed by atoms with van der Waals surface area (Å²) in [5.41, 5.74) is -3.41. The molecule has 2 aromatic carbocycles. The van der Waals surface area contributed by atoms with Gasteiger partial charge in [0.1, 0.15) is 65.7 Å². The molecule has 1 aromatic heterocycles. The van der Waals surface area contributed by atoms with Crippen molar-refractivity contribution in [2.45, 2.75) is 93.7 Å². The minimum absolute atomic E-state index is 0.0196. The fraction of sp³-hybridized carbons (Fsp3) is 0.500. The van der Waals surface area contributed by atoms with Gasteiger partial charge in [-0.15, -0.1) is 0 Å². The number of esters is 1. The lowest BCUT2D eigenvalue weighted by molar-refractivity contribution is -0.354. The average molecular weight is 769 g/mol. The van der Waals surface area contributed by atoms with Crippen LogP contribution in [0.4, 0.5) is 0 Å². The Kier molecular flexibility index (Phi) is 11.9. The second-order valence-corrected chi connectivity index (χ2v) is 13.2. The fourth-order valence-corrected chi connectivity index (χ4v) is 5.99. The summed E-state index contributed by atoms with van der Waals surface area (Å²) in [7, 11) is 1.24. The van der Waals surface area contributed by atoms with Crippen molar-refractivity contribution >= 4 is 22.9 Å². The summed E-state index contributed by atoms with van der Waals surface area (Å²) in [6, 6.07) is 5.58. The quantitative estimate of drug-likeness (QED) is 0.0966. The van der Waals surface area contributed by atoms with E-state index in [2.05, 4.69) is 0 Å². The van der Waals surface area contributed by atoms with Crippen molar-refractivity contribution < 1.29 is 93.5 Å². The number of hydrogen-bond donors (Lipinski definition) is 10. The van der Waals surface area contributed by atoms with E-state index in [-0.39, 0.29) is 22.6 Å². The molecule has 0 aliphatic carbocycles. The molecule has 296 valence electrons. The van der Waals surface area contributed by atoms with Crippen molar-refractivity contribution in [3.63, 3.8) is 0 Å². The number of carbonyl (C=O) groups is 2. The molecule has 0 amide bonds. The molecule has 3 aromatic rings. The Bertz CT molecular complexity index is 1910. The molecule has 0 spiro atoms. The number of carboxylic acids is 1. The molecule has 11 atom stereocenters. The summed E-state index contributed by atoms with van der Waals surface area (Å²) in [6.07, 6.45) is -19.5. The van der Waals surface area contributed by atoms with Gasteiger partial charge in [-0.2, -0.15) is 0 Å². The number of aromatic hydroxyl groups is 3. The Morgan fingerprint density at radius 1 is 0.870 bits per heavy atom. The molecule has 2 saturated heterocycles. The molecule has 20 heteroatoms. The molecule has 0 radical (unpaired) electrons. The maximum absolute atomic E-state index is 14.1. The summed E-state index contributed by atoms with van der Waals surface area (Å²) in [4.78, 5) is 37.7. The van der Waals surface area contributed by atoms with Crippen LogP contribution in [0.5, 0.6) is 28.7 Å². The third kappa shape index (κ3) is 8.46. The van der Waals surface area contributed by atoms with E-state index in [1.807, 2.05) is 0 Å². The van der Waals surface area contributed by atoms with Crippen LogP contribution in [-0.4, -0.2) is 144 Å². The first-order valence-corrected chi connectivity index (χ1v) is 16.3. The lowest BCUT2D eigenvalue weighted by Crippen LogP contribution is -2.64. The predicted octanol–water partition coefficient (Wildman–Crippen LogP) is -1.22. The van der Waals surface area contributed by atoms with E-state index < -0.39 is 132 Å². The number of phenols is 3. The molecule has 54 heavy (non-hydrogen) atoms. The van der Waals surface area contributed by atoms with Gasteiger partial charge in [0.05, 0.1) is 31.7 Å². The zero-order valence-corrected chi connectivity index (χ0v) is 28.8. The van der Waals surface area contributed by atoms with Crippen molar-refractivity contribution in [2.75, 3.05) is 13.7 Å². The number of benzene rings is 2. The van der Waals surface area contributed by atoms with Crippen LogP contribution < -0.4 is 14.9 Å². The number of rotatable bonds is 12. The molecule has 5 rings (SSSR count). The lowest BCUT2D eigenvalue weighted by atomic mass is 9.97. The van der Waals surface area contributed by atoms with Crippen LogP contribution in [0, 0.1) is 0 Å². The van der Waals surface area contributed by atoms with E-state index in [9.17, 15) is 60.3 Å². The van der Waals surface area contributed by atoms with Crippen LogP contribution in [0.3, 0.4) is 0 Å². The first kappa shape index (κ1) is 40.4. The van der Waals surface area contributed by atoms with Crippen LogP contribution in [0.1, 0.15) is 26.7 Å². The summed E-state index contributed by atoms with van der Waals surface area (Å²) in [5.74, 6) is -5.30. The molecule has 2 aliphatic heterocycles. The number of carbonyl (C=O) groups excluding carboxylic acids is 1. The topological polar surface area (TPSA) is 322 Å². The number of ether oxygens (including phenoxy) is 6. The molecule has 10 N–H and O–H groups in total. The largest absolute Gasteiger partial charge is 0.508 e. The van der Waals surface area contributed by atoms with Crippen molar-refractivity contribution in [2.24, 2.45) is 0 Å². The highest BCUT2D eigenvalue weighted by Gasteiger charge is 2.52. The number of aliphatic hydroxyl groups excluding tert-OH is 5. The number of hydrogen-bond acceptors (Lipinski definition) is 19. The van der Waals surface area contributed by atoms with Gasteiger partial charge in [-0.05, 0) is 32.0 Å². The van der Waals surface area contributed by atoms with E-state index in [0.29, 0.717) is 0 Å². The minimum Gasteiger partial charge on any atom is -0.508 e. The molecule has 20 nitrogen and oxygen atoms in total. The van der Waals surface area contributed by atoms with E-state index in [1.54, 1.807) is 0 Å². The second-order valence-electron chi connectivity index (χ2n) is 13.2. The highest BCUT2D eigenvalue weighted by molar-refractivity contribution is 5.88. The van der Waals surface area contributed by atoms with E-state index in [0.717, 1.165) is 19.1 Å². The molecule has 0 bridgehead atoms. The predicted molar refractivity (Wildman–Crippen MR) is 176 cm³/mol. The van der Waals surface area contributed by atoms with Crippen LogP contribution >= 0.6 is 0 Å². The minimum atomic E-state index is -2.08. The van der Waals surface area contributed by atoms with Gasteiger partial charge < -0.3 is 83.9 Å². The standard InChI is InChI=1S/C34H40O20/c1-12-23(41)26(44)28(46)32(50-12)54-31-27(45)24(42)19(11-49-21(40)10-34(2,47)9-20(38)39)52-33(31)53-30-25(43)22-16(37)7-14(35)8-18(22)51-29(30)13-4-5-15(36)17(6-13)48-3/h4-8,12,19,23-24,26-28,31-33,35-37,41-42,44-47H,9-11H2,1-3H3,(H,38,39). The highest BCUT2D eigenvalue weighted by Crippen LogP contribution is 2.40. The Labute approximate surface area is 304 Å². The van der Waals surface area contributed by atoms with E-state index in [1.165, 1.54) is 32.2 Å². The summed E-state index contributed by atoms with van der Waals surface area (Å²) < 4.78 is 39.3. The SMILES string of the molecule is COc1cc(-c2oc3cc(O)cc(O)c3c(=O)c2OC2OC(COC(=O)CC(C)(O)CC(=O)O)C(O)C(O)C2OC2OC(C)C(O)C(O)C2O)ccc1O. The number of phenolic OH excluding ortho intramolecular Hbond substituents is 3. The third-order valence-electron chi connectivity index (χ3n) is 8.80. The number of aliphatic carboxylic acids is 1. The first-order chi connectivity index (χ1) is 25.3. The van der Waals surface area contributed by atoms with Gasteiger partial charge >= 0.3 is 11.9 Å². The molecule has 3 heterocycles. The molecule has 11 unspecified atom stereocenters. The van der Waals surface area contributed by atoms with Crippen molar-refractivity contribution in [3.8, 4) is 40.1 Å². The van der Waals surface area contributed by atoms with Crippen molar-refractivity contribution in [1.82, 2.24) is 0 Å². The van der Waals surface area contributed by atoms with Gasteiger partial charge in [0.15, 0.2) is 29.7 Å². The van der Waals surface area contributed by atoms with Gasteiger partial charge in [0.2, 0.25) is 17.5 Å². The maximum Gasteiger partial charge on any atom is 0.308 e. The third-order valence-corrected chi connectivity index (χ3v) is 8.80. The first-order valence-electron chi connectivity index (χ1n) is 16.3. The monoisotopic (exact) mass is 768 g/mol. The van der Waals surface area contributed by atoms with Gasteiger partial charge in [-0.25, -0.2) is 0 Å².